The summed E-state index contributed by atoms with van der Waals surface area (Å²) in [5, 5.41) is 2.83. The third kappa shape index (κ3) is 2.20. The molecular formula is C11H13N3OS. The zero-order valence-electron chi connectivity index (χ0n) is 8.93. The Morgan fingerprint density at radius 1 is 1.62 bits per heavy atom. The first kappa shape index (κ1) is 11.0. The van der Waals surface area contributed by atoms with Crippen molar-refractivity contribution in [1.29, 1.82) is 0 Å². The SMILES string of the molecule is CC(CN)C(=O)Nc1ccc2ncsc2c1. The number of rotatable bonds is 3. The highest BCUT2D eigenvalue weighted by molar-refractivity contribution is 7.16. The van der Waals surface area contributed by atoms with Crippen molar-refractivity contribution in [3.8, 4) is 0 Å². The number of anilines is 1. The number of carbonyl (C=O) groups excluding carboxylic acids is 1. The normalized spacial score (nSPS) is 12.6. The van der Waals surface area contributed by atoms with Crippen LogP contribution in [0.4, 0.5) is 5.69 Å². The molecular weight excluding hydrogens is 222 g/mol. The summed E-state index contributed by atoms with van der Waals surface area (Å²) in [6, 6.07) is 5.67. The maximum atomic E-state index is 11.6. The molecule has 1 aromatic heterocycles. The van der Waals surface area contributed by atoms with Crippen LogP contribution in [0.25, 0.3) is 10.2 Å². The van der Waals surface area contributed by atoms with Crippen LogP contribution in [0.15, 0.2) is 23.7 Å². The fourth-order valence-electron chi connectivity index (χ4n) is 1.31. The molecule has 0 aliphatic rings. The number of nitrogens with zero attached hydrogens (tertiary/aromatic N) is 1. The molecule has 84 valence electrons. The van der Waals surface area contributed by atoms with Crippen LogP contribution in [-0.2, 0) is 4.79 Å². The van der Waals surface area contributed by atoms with Crippen LogP contribution >= 0.6 is 11.3 Å². The van der Waals surface area contributed by atoms with Gasteiger partial charge >= 0.3 is 0 Å². The molecule has 1 aromatic carbocycles. The predicted octanol–water partition coefficient (Wildman–Crippen LogP) is 1.83. The van der Waals surface area contributed by atoms with Crippen LogP contribution in [0.3, 0.4) is 0 Å². The van der Waals surface area contributed by atoms with Crippen molar-refractivity contribution < 1.29 is 4.79 Å². The van der Waals surface area contributed by atoms with Gasteiger partial charge < -0.3 is 11.1 Å². The highest BCUT2D eigenvalue weighted by Crippen LogP contribution is 2.21. The number of carbonyl (C=O) groups is 1. The number of nitrogens with one attached hydrogen (secondary N) is 1. The molecule has 1 amide bonds. The lowest BCUT2D eigenvalue weighted by Gasteiger charge is -2.09. The van der Waals surface area contributed by atoms with Gasteiger partial charge in [-0.15, -0.1) is 11.3 Å². The van der Waals surface area contributed by atoms with Crippen LogP contribution in [0.5, 0.6) is 0 Å². The average Bonchev–Trinajstić information content (AvgIpc) is 2.75. The van der Waals surface area contributed by atoms with Gasteiger partial charge in [0.25, 0.3) is 0 Å². The van der Waals surface area contributed by atoms with E-state index in [-0.39, 0.29) is 11.8 Å². The fraction of sp³-hybridized carbons (Fsp3) is 0.273. The van der Waals surface area contributed by atoms with Crippen LogP contribution in [0.1, 0.15) is 6.92 Å². The Morgan fingerprint density at radius 3 is 3.19 bits per heavy atom. The van der Waals surface area contributed by atoms with Gasteiger partial charge in [0.15, 0.2) is 0 Å². The Morgan fingerprint density at radius 2 is 2.44 bits per heavy atom. The summed E-state index contributed by atoms with van der Waals surface area (Å²) in [5.74, 6) is -0.219. The maximum Gasteiger partial charge on any atom is 0.228 e. The third-order valence-corrected chi connectivity index (χ3v) is 3.19. The molecule has 0 saturated heterocycles. The van der Waals surface area contributed by atoms with E-state index >= 15 is 0 Å². The minimum absolute atomic E-state index is 0.0497. The van der Waals surface area contributed by atoms with Gasteiger partial charge in [0.2, 0.25) is 5.91 Å². The van der Waals surface area contributed by atoms with Crippen molar-refractivity contribution in [2.75, 3.05) is 11.9 Å². The Bertz CT molecular complexity index is 509. The molecule has 4 nitrogen and oxygen atoms in total. The molecule has 1 unspecified atom stereocenters. The molecule has 5 heteroatoms. The molecule has 0 bridgehead atoms. The van der Waals surface area contributed by atoms with E-state index in [1.165, 1.54) is 0 Å². The van der Waals surface area contributed by atoms with Crippen molar-refractivity contribution in [2.45, 2.75) is 6.92 Å². The van der Waals surface area contributed by atoms with Crippen molar-refractivity contribution >= 4 is 33.1 Å². The summed E-state index contributed by atoms with van der Waals surface area (Å²) in [7, 11) is 0. The van der Waals surface area contributed by atoms with Crippen molar-refractivity contribution in [2.24, 2.45) is 11.7 Å². The third-order valence-electron chi connectivity index (χ3n) is 2.40. The topological polar surface area (TPSA) is 68.0 Å². The molecule has 2 rings (SSSR count). The first-order valence-electron chi connectivity index (χ1n) is 5.05. The Balaban J connectivity index is 2.17. The van der Waals surface area contributed by atoms with E-state index in [9.17, 15) is 4.79 Å². The van der Waals surface area contributed by atoms with Gasteiger partial charge in [-0.2, -0.15) is 0 Å². The molecule has 1 heterocycles. The minimum atomic E-state index is -0.169. The highest BCUT2D eigenvalue weighted by Gasteiger charge is 2.10. The Hall–Kier alpha value is -1.46. The quantitative estimate of drug-likeness (QED) is 0.852. The summed E-state index contributed by atoms with van der Waals surface area (Å²) in [5.41, 5.74) is 8.97. The number of benzene rings is 1. The van der Waals surface area contributed by atoms with Crippen molar-refractivity contribution in [3.63, 3.8) is 0 Å². The standard InChI is InChI=1S/C11H13N3OS/c1-7(5-12)11(15)14-8-2-3-9-10(4-8)16-6-13-9/h2-4,6-7H,5,12H2,1H3,(H,14,15). The number of aromatic nitrogens is 1. The van der Waals surface area contributed by atoms with E-state index in [0.717, 1.165) is 15.9 Å². The number of amides is 1. The number of hydrogen-bond donors (Lipinski definition) is 2. The molecule has 0 aliphatic carbocycles. The minimum Gasteiger partial charge on any atom is -0.330 e. The van der Waals surface area contributed by atoms with E-state index in [4.69, 9.17) is 5.73 Å². The number of nitrogens with two attached hydrogens (primary N) is 1. The predicted molar refractivity (Wildman–Crippen MR) is 66.5 cm³/mol. The average molecular weight is 235 g/mol. The van der Waals surface area contributed by atoms with Gasteiger partial charge in [-0.05, 0) is 18.2 Å². The van der Waals surface area contributed by atoms with E-state index in [0.29, 0.717) is 6.54 Å². The highest BCUT2D eigenvalue weighted by atomic mass is 32.1. The van der Waals surface area contributed by atoms with Crippen LogP contribution in [0, 0.1) is 5.92 Å². The summed E-state index contributed by atoms with van der Waals surface area (Å²) in [6.07, 6.45) is 0. The number of fused-ring (bicyclic) bond motifs is 1. The zero-order valence-corrected chi connectivity index (χ0v) is 9.75. The Kier molecular flexibility index (Phi) is 3.17. The second-order valence-electron chi connectivity index (χ2n) is 3.66. The second kappa shape index (κ2) is 4.59. The van der Waals surface area contributed by atoms with Gasteiger partial charge in [-0.25, -0.2) is 4.98 Å². The van der Waals surface area contributed by atoms with Gasteiger partial charge in [-0.3, -0.25) is 4.79 Å². The first-order chi connectivity index (χ1) is 7.70. The molecule has 2 aromatic rings. The van der Waals surface area contributed by atoms with Gasteiger partial charge in [0, 0.05) is 18.2 Å². The summed E-state index contributed by atoms with van der Waals surface area (Å²) in [4.78, 5) is 15.8. The van der Waals surface area contributed by atoms with Gasteiger partial charge in [0.1, 0.15) is 0 Å². The van der Waals surface area contributed by atoms with E-state index < -0.39 is 0 Å². The van der Waals surface area contributed by atoms with Gasteiger partial charge in [0.05, 0.1) is 15.7 Å². The largest absolute Gasteiger partial charge is 0.330 e. The lowest BCUT2D eigenvalue weighted by molar-refractivity contribution is -0.119. The van der Waals surface area contributed by atoms with Crippen LogP contribution in [0.2, 0.25) is 0 Å². The van der Waals surface area contributed by atoms with Crippen molar-refractivity contribution in [1.82, 2.24) is 4.98 Å². The lowest BCUT2D eigenvalue weighted by atomic mass is 10.1. The smallest absolute Gasteiger partial charge is 0.228 e. The zero-order chi connectivity index (χ0) is 11.5. The molecule has 16 heavy (non-hydrogen) atoms. The molecule has 0 saturated carbocycles. The van der Waals surface area contributed by atoms with E-state index in [1.54, 1.807) is 23.8 Å². The molecule has 0 spiro atoms. The summed E-state index contributed by atoms with van der Waals surface area (Å²) < 4.78 is 1.07. The van der Waals surface area contributed by atoms with E-state index in [1.807, 2.05) is 18.2 Å². The van der Waals surface area contributed by atoms with E-state index in [2.05, 4.69) is 10.3 Å². The van der Waals surface area contributed by atoms with Crippen LogP contribution in [-0.4, -0.2) is 17.4 Å². The molecule has 3 N–H and O–H groups in total. The van der Waals surface area contributed by atoms with Crippen molar-refractivity contribution in [3.05, 3.63) is 23.7 Å². The van der Waals surface area contributed by atoms with Gasteiger partial charge in [-0.1, -0.05) is 6.92 Å². The molecule has 0 aliphatic heterocycles. The monoisotopic (exact) mass is 235 g/mol. The lowest BCUT2D eigenvalue weighted by Crippen LogP contribution is -2.26. The van der Waals surface area contributed by atoms with Crippen LogP contribution < -0.4 is 11.1 Å². The maximum absolute atomic E-state index is 11.6. The number of hydrogen-bond acceptors (Lipinski definition) is 4. The molecule has 1 atom stereocenters. The fourth-order valence-corrected chi connectivity index (χ4v) is 2.02. The summed E-state index contributed by atoms with van der Waals surface area (Å²) in [6.45, 7) is 2.16. The second-order valence-corrected chi connectivity index (χ2v) is 4.55. The molecule has 0 fully saturated rings. The molecule has 0 radical (unpaired) electrons. The Labute approximate surface area is 97.5 Å². The first-order valence-corrected chi connectivity index (χ1v) is 5.93. The number of thiazole rings is 1. The summed E-state index contributed by atoms with van der Waals surface area (Å²) >= 11 is 1.56.